The molecule has 0 aliphatic carbocycles. The molecule has 1 heterocycles. The van der Waals surface area contributed by atoms with Gasteiger partial charge in [-0.05, 0) is 36.2 Å². The van der Waals surface area contributed by atoms with Crippen LogP contribution in [0.15, 0.2) is 60.8 Å². The highest BCUT2D eigenvalue weighted by atomic mass is 16.5. The Labute approximate surface area is 144 Å². The number of anilines is 1. The van der Waals surface area contributed by atoms with Gasteiger partial charge in [-0.1, -0.05) is 30.3 Å². The third-order valence-corrected chi connectivity index (χ3v) is 3.87. The number of fused-ring (bicyclic) bond motifs is 1. The number of aromatic nitrogens is 1. The molecule has 0 fully saturated rings. The Bertz CT molecular complexity index is 902. The van der Waals surface area contributed by atoms with Crippen molar-refractivity contribution < 1.29 is 14.8 Å². The molecule has 3 rings (SSSR count). The minimum absolute atomic E-state index is 0.102. The number of hydroxylamine groups is 1. The van der Waals surface area contributed by atoms with Crippen LogP contribution >= 0.6 is 0 Å². The van der Waals surface area contributed by atoms with E-state index in [-0.39, 0.29) is 5.91 Å². The molecule has 6 heteroatoms. The summed E-state index contributed by atoms with van der Waals surface area (Å²) in [6.07, 6.45) is 2.56. The first-order valence-electron chi connectivity index (χ1n) is 7.84. The predicted octanol–water partition coefficient (Wildman–Crippen LogP) is 2.93. The van der Waals surface area contributed by atoms with Gasteiger partial charge in [-0.3, -0.25) is 19.8 Å². The van der Waals surface area contributed by atoms with Crippen molar-refractivity contribution in [1.29, 1.82) is 0 Å². The van der Waals surface area contributed by atoms with Crippen LogP contribution in [-0.2, 0) is 11.2 Å². The number of aryl methyl sites for hydroxylation is 1. The summed E-state index contributed by atoms with van der Waals surface area (Å²) in [6.45, 7) is 0. The van der Waals surface area contributed by atoms with Gasteiger partial charge >= 0.3 is 0 Å². The van der Waals surface area contributed by atoms with Crippen molar-refractivity contribution in [3.05, 3.63) is 71.9 Å². The first-order valence-corrected chi connectivity index (χ1v) is 7.84. The fraction of sp³-hybridized carbons (Fsp3) is 0.105. The van der Waals surface area contributed by atoms with Crippen LogP contribution in [0.2, 0.25) is 0 Å². The van der Waals surface area contributed by atoms with Gasteiger partial charge in [0.25, 0.3) is 5.91 Å². The van der Waals surface area contributed by atoms with E-state index in [1.807, 2.05) is 30.3 Å². The molecule has 0 saturated heterocycles. The van der Waals surface area contributed by atoms with E-state index in [4.69, 9.17) is 5.21 Å². The van der Waals surface area contributed by atoms with Crippen LogP contribution in [0.4, 0.5) is 5.69 Å². The highest BCUT2D eigenvalue weighted by molar-refractivity contribution is 6.00. The highest BCUT2D eigenvalue weighted by Gasteiger charge is 2.08. The molecule has 0 atom stereocenters. The molecule has 0 unspecified atom stereocenters. The number of nitrogens with zero attached hydrogens (tertiary/aromatic N) is 1. The van der Waals surface area contributed by atoms with E-state index in [1.54, 1.807) is 35.9 Å². The average Bonchev–Trinajstić information content (AvgIpc) is 2.66. The lowest BCUT2D eigenvalue weighted by atomic mass is 10.1. The standard InChI is InChI=1S/C19H17N3O3/c23-17(11-8-13-6-9-15(10-7-13)19(24)22-25)21-16-5-1-3-14-4-2-12-20-18(14)16/h1-7,9-10,12,25H,8,11H2,(H,21,23)(H,22,24). The third-order valence-electron chi connectivity index (χ3n) is 3.87. The van der Waals surface area contributed by atoms with Gasteiger partial charge in [-0.15, -0.1) is 0 Å². The van der Waals surface area contributed by atoms with Gasteiger partial charge in [0, 0.05) is 23.6 Å². The minimum atomic E-state index is -0.562. The van der Waals surface area contributed by atoms with Gasteiger partial charge < -0.3 is 5.32 Å². The highest BCUT2D eigenvalue weighted by Crippen LogP contribution is 2.20. The fourth-order valence-corrected chi connectivity index (χ4v) is 2.56. The maximum atomic E-state index is 12.2. The summed E-state index contributed by atoms with van der Waals surface area (Å²) in [5.41, 5.74) is 4.33. The molecule has 0 aliphatic rings. The van der Waals surface area contributed by atoms with Crippen LogP contribution in [0.3, 0.4) is 0 Å². The monoisotopic (exact) mass is 335 g/mol. The van der Waals surface area contributed by atoms with Crippen LogP contribution in [0, 0.1) is 0 Å². The second-order valence-corrected chi connectivity index (χ2v) is 5.57. The van der Waals surface area contributed by atoms with Crippen LogP contribution in [-0.4, -0.2) is 22.0 Å². The maximum Gasteiger partial charge on any atom is 0.274 e. The van der Waals surface area contributed by atoms with Crippen molar-refractivity contribution in [1.82, 2.24) is 10.5 Å². The summed E-state index contributed by atoms with van der Waals surface area (Å²) in [7, 11) is 0. The Balaban J connectivity index is 1.62. The molecule has 0 saturated carbocycles. The number of benzene rings is 2. The van der Waals surface area contributed by atoms with Crippen molar-refractivity contribution in [3.63, 3.8) is 0 Å². The number of rotatable bonds is 5. The molecule has 2 amide bonds. The molecule has 126 valence electrons. The Morgan fingerprint density at radius 2 is 1.76 bits per heavy atom. The van der Waals surface area contributed by atoms with Crippen molar-refractivity contribution in [2.24, 2.45) is 0 Å². The zero-order chi connectivity index (χ0) is 17.6. The molecule has 6 nitrogen and oxygen atoms in total. The van der Waals surface area contributed by atoms with Gasteiger partial charge in [0.15, 0.2) is 0 Å². The van der Waals surface area contributed by atoms with Crippen molar-refractivity contribution >= 4 is 28.4 Å². The number of amides is 2. The number of hydrogen-bond donors (Lipinski definition) is 3. The topological polar surface area (TPSA) is 91.3 Å². The van der Waals surface area contributed by atoms with Crippen LogP contribution in [0.1, 0.15) is 22.3 Å². The van der Waals surface area contributed by atoms with Crippen molar-refractivity contribution in [2.75, 3.05) is 5.32 Å². The van der Waals surface area contributed by atoms with E-state index in [0.717, 1.165) is 16.5 Å². The van der Waals surface area contributed by atoms with Gasteiger partial charge in [0.1, 0.15) is 0 Å². The SMILES string of the molecule is O=C(CCc1ccc(C(=O)NO)cc1)Nc1cccc2cccnc12. The van der Waals surface area contributed by atoms with E-state index in [2.05, 4.69) is 10.3 Å². The molecule has 2 aromatic carbocycles. The van der Waals surface area contributed by atoms with Gasteiger partial charge in [-0.2, -0.15) is 0 Å². The molecule has 0 bridgehead atoms. The Morgan fingerprint density at radius 1 is 1.00 bits per heavy atom. The van der Waals surface area contributed by atoms with Gasteiger partial charge in [0.05, 0.1) is 11.2 Å². The summed E-state index contributed by atoms with van der Waals surface area (Å²) in [5.74, 6) is -0.664. The summed E-state index contributed by atoms with van der Waals surface area (Å²) in [6, 6.07) is 16.2. The number of para-hydroxylation sites is 1. The van der Waals surface area contributed by atoms with E-state index in [9.17, 15) is 9.59 Å². The molecule has 1 aromatic heterocycles. The fourth-order valence-electron chi connectivity index (χ4n) is 2.56. The molecular formula is C19H17N3O3. The number of hydrogen-bond acceptors (Lipinski definition) is 4. The van der Waals surface area contributed by atoms with Crippen molar-refractivity contribution in [3.8, 4) is 0 Å². The summed E-state index contributed by atoms with van der Waals surface area (Å²) < 4.78 is 0. The zero-order valence-electron chi connectivity index (χ0n) is 13.4. The summed E-state index contributed by atoms with van der Waals surface area (Å²) >= 11 is 0. The lowest BCUT2D eigenvalue weighted by molar-refractivity contribution is -0.116. The average molecular weight is 335 g/mol. The summed E-state index contributed by atoms with van der Waals surface area (Å²) in [4.78, 5) is 27.8. The predicted molar refractivity (Wildman–Crippen MR) is 94.4 cm³/mol. The van der Waals surface area contributed by atoms with Crippen LogP contribution in [0.5, 0.6) is 0 Å². The summed E-state index contributed by atoms with van der Waals surface area (Å²) in [5, 5.41) is 12.5. The number of pyridine rings is 1. The molecule has 25 heavy (non-hydrogen) atoms. The lowest BCUT2D eigenvalue weighted by Gasteiger charge is -2.08. The molecule has 3 aromatic rings. The molecule has 0 radical (unpaired) electrons. The maximum absolute atomic E-state index is 12.2. The normalized spacial score (nSPS) is 10.4. The van der Waals surface area contributed by atoms with Gasteiger partial charge in [-0.25, -0.2) is 5.48 Å². The smallest absolute Gasteiger partial charge is 0.274 e. The third kappa shape index (κ3) is 3.99. The molecule has 3 N–H and O–H groups in total. The van der Waals surface area contributed by atoms with E-state index >= 15 is 0 Å². The van der Waals surface area contributed by atoms with Gasteiger partial charge in [0.2, 0.25) is 5.91 Å². The minimum Gasteiger partial charge on any atom is -0.324 e. The molecule has 0 spiro atoms. The largest absolute Gasteiger partial charge is 0.324 e. The second-order valence-electron chi connectivity index (χ2n) is 5.57. The zero-order valence-corrected chi connectivity index (χ0v) is 13.4. The first-order chi connectivity index (χ1) is 12.2. The second kappa shape index (κ2) is 7.55. The van der Waals surface area contributed by atoms with E-state index in [1.165, 1.54) is 0 Å². The first kappa shape index (κ1) is 16.6. The van der Waals surface area contributed by atoms with E-state index < -0.39 is 5.91 Å². The van der Waals surface area contributed by atoms with Crippen LogP contribution < -0.4 is 10.8 Å². The lowest BCUT2D eigenvalue weighted by Crippen LogP contribution is -2.18. The van der Waals surface area contributed by atoms with Crippen molar-refractivity contribution in [2.45, 2.75) is 12.8 Å². The Kier molecular flexibility index (Phi) is 5.01. The van der Waals surface area contributed by atoms with E-state index in [0.29, 0.717) is 24.1 Å². The number of carbonyl (C=O) groups is 2. The number of carbonyl (C=O) groups excluding carboxylic acids is 2. The molecule has 0 aliphatic heterocycles. The number of nitrogens with one attached hydrogen (secondary N) is 2. The Morgan fingerprint density at radius 3 is 2.52 bits per heavy atom. The molecular weight excluding hydrogens is 318 g/mol. The quantitative estimate of drug-likeness (QED) is 0.494. The van der Waals surface area contributed by atoms with Crippen LogP contribution in [0.25, 0.3) is 10.9 Å². The Hall–Kier alpha value is -3.25.